The molecule has 0 atom stereocenters. The third-order valence-electron chi connectivity index (χ3n) is 2.05. The molecule has 1 aromatic heterocycles. The maximum Gasteiger partial charge on any atom is 0.189 e. The Morgan fingerprint density at radius 3 is 3.00 bits per heavy atom. The first kappa shape index (κ1) is 8.81. The highest BCUT2D eigenvalue weighted by molar-refractivity contribution is 5.83. The smallest absolute Gasteiger partial charge is 0.189 e. The number of rotatable bonds is 2. The van der Waals surface area contributed by atoms with Gasteiger partial charge in [-0.05, 0) is 19.1 Å². The SMILES string of the molecule is CCOc1cccc2c(=O)cc[nH]c12. The molecule has 0 unspecified atom stereocenters. The van der Waals surface area contributed by atoms with Crippen molar-refractivity contribution in [1.82, 2.24) is 4.98 Å². The van der Waals surface area contributed by atoms with E-state index in [-0.39, 0.29) is 5.43 Å². The van der Waals surface area contributed by atoms with Crippen molar-refractivity contribution >= 4 is 10.9 Å². The van der Waals surface area contributed by atoms with Crippen LogP contribution in [-0.4, -0.2) is 11.6 Å². The van der Waals surface area contributed by atoms with Crippen LogP contribution in [0.25, 0.3) is 10.9 Å². The molecule has 1 heterocycles. The number of nitrogens with one attached hydrogen (secondary N) is 1. The highest BCUT2D eigenvalue weighted by atomic mass is 16.5. The third kappa shape index (κ3) is 1.37. The minimum Gasteiger partial charge on any atom is -0.492 e. The molecule has 3 nitrogen and oxygen atoms in total. The summed E-state index contributed by atoms with van der Waals surface area (Å²) in [6, 6.07) is 6.97. The van der Waals surface area contributed by atoms with Gasteiger partial charge in [0.25, 0.3) is 0 Å². The van der Waals surface area contributed by atoms with E-state index in [1.54, 1.807) is 12.3 Å². The maximum absolute atomic E-state index is 11.5. The molecule has 1 N–H and O–H groups in total. The van der Waals surface area contributed by atoms with Gasteiger partial charge in [0.05, 0.1) is 12.1 Å². The van der Waals surface area contributed by atoms with Crippen LogP contribution >= 0.6 is 0 Å². The summed E-state index contributed by atoms with van der Waals surface area (Å²) in [6.45, 7) is 2.51. The molecule has 3 heteroatoms. The first-order valence-electron chi connectivity index (χ1n) is 4.56. The normalized spacial score (nSPS) is 10.4. The Bertz CT molecular complexity index is 502. The molecule has 2 rings (SSSR count). The van der Waals surface area contributed by atoms with Gasteiger partial charge in [0.2, 0.25) is 0 Å². The van der Waals surface area contributed by atoms with E-state index in [1.807, 2.05) is 19.1 Å². The molecule has 0 aliphatic rings. The minimum absolute atomic E-state index is 0.0142. The quantitative estimate of drug-likeness (QED) is 0.784. The Morgan fingerprint density at radius 1 is 1.36 bits per heavy atom. The van der Waals surface area contributed by atoms with E-state index in [9.17, 15) is 4.79 Å². The zero-order valence-corrected chi connectivity index (χ0v) is 7.91. The highest BCUT2D eigenvalue weighted by Gasteiger charge is 2.02. The Labute approximate surface area is 81.3 Å². The molecule has 2 aromatic rings. The second-order valence-corrected chi connectivity index (χ2v) is 2.95. The number of H-pyrrole nitrogens is 1. The van der Waals surface area contributed by atoms with Crippen LogP contribution in [-0.2, 0) is 0 Å². The number of aromatic amines is 1. The molecular weight excluding hydrogens is 178 g/mol. The number of para-hydroxylation sites is 1. The van der Waals surface area contributed by atoms with Crippen LogP contribution < -0.4 is 10.2 Å². The lowest BCUT2D eigenvalue weighted by molar-refractivity contribution is 0.343. The van der Waals surface area contributed by atoms with E-state index in [0.717, 1.165) is 11.3 Å². The number of aromatic nitrogens is 1. The van der Waals surface area contributed by atoms with E-state index in [2.05, 4.69) is 4.98 Å². The summed E-state index contributed by atoms with van der Waals surface area (Å²) in [6.07, 6.45) is 1.63. The Hall–Kier alpha value is -1.77. The fraction of sp³-hybridized carbons (Fsp3) is 0.182. The average Bonchev–Trinajstić information content (AvgIpc) is 2.20. The highest BCUT2D eigenvalue weighted by Crippen LogP contribution is 2.20. The van der Waals surface area contributed by atoms with Crippen molar-refractivity contribution in [3.05, 3.63) is 40.7 Å². The number of benzene rings is 1. The van der Waals surface area contributed by atoms with Crippen LogP contribution in [0.2, 0.25) is 0 Å². The summed E-state index contributed by atoms with van der Waals surface area (Å²) in [5.41, 5.74) is 0.780. The minimum atomic E-state index is 0.0142. The predicted molar refractivity (Wildman–Crippen MR) is 55.7 cm³/mol. The molecule has 0 spiro atoms. The average molecular weight is 189 g/mol. The van der Waals surface area contributed by atoms with Gasteiger partial charge in [-0.3, -0.25) is 4.79 Å². The summed E-state index contributed by atoms with van der Waals surface area (Å²) < 4.78 is 5.40. The number of ether oxygens (including phenoxy) is 1. The van der Waals surface area contributed by atoms with Gasteiger partial charge in [0.15, 0.2) is 5.43 Å². The molecule has 72 valence electrons. The zero-order chi connectivity index (χ0) is 9.97. The molecule has 0 aliphatic carbocycles. The monoisotopic (exact) mass is 189 g/mol. The lowest BCUT2D eigenvalue weighted by Crippen LogP contribution is -2.01. The van der Waals surface area contributed by atoms with Crippen LogP contribution in [0.5, 0.6) is 5.75 Å². The molecule has 0 saturated carbocycles. The molecule has 0 bridgehead atoms. The number of hydrogen-bond acceptors (Lipinski definition) is 2. The molecule has 1 aromatic carbocycles. The molecule has 0 aliphatic heterocycles. The van der Waals surface area contributed by atoms with Gasteiger partial charge in [-0.15, -0.1) is 0 Å². The van der Waals surface area contributed by atoms with E-state index in [1.165, 1.54) is 6.07 Å². The van der Waals surface area contributed by atoms with Crippen molar-refractivity contribution in [2.75, 3.05) is 6.61 Å². The maximum atomic E-state index is 11.5. The fourth-order valence-electron chi connectivity index (χ4n) is 1.45. The van der Waals surface area contributed by atoms with E-state index < -0.39 is 0 Å². The molecule has 0 fully saturated rings. The van der Waals surface area contributed by atoms with Crippen molar-refractivity contribution in [3.63, 3.8) is 0 Å². The number of pyridine rings is 1. The molecule has 14 heavy (non-hydrogen) atoms. The van der Waals surface area contributed by atoms with Crippen molar-refractivity contribution in [3.8, 4) is 5.75 Å². The zero-order valence-electron chi connectivity index (χ0n) is 7.91. The number of hydrogen-bond donors (Lipinski definition) is 1. The fourth-order valence-corrected chi connectivity index (χ4v) is 1.45. The van der Waals surface area contributed by atoms with Gasteiger partial charge < -0.3 is 9.72 Å². The summed E-state index contributed by atoms with van der Waals surface area (Å²) >= 11 is 0. The summed E-state index contributed by atoms with van der Waals surface area (Å²) in [4.78, 5) is 14.5. The van der Waals surface area contributed by atoms with Crippen molar-refractivity contribution < 1.29 is 4.74 Å². The molecule has 0 saturated heterocycles. The third-order valence-corrected chi connectivity index (χ3v) is 2.05. The molecule has 0 amide bonds. The second-order valence-electron chi connectivity index (χ2n) is 2.95. The Balaban J connectivity index is 2.75. The second kappa shape index (κ2) is 3.54. The van der Waals surface area contributed by atoms with Crippen LogP contribution in [0, 0.1) is 0 Å². The van der Waals surface area contributed by atoms with Crippen molar-refractivity contribution in [1.29, 1.82) is 0 Å². The molecule has 0 radical (unpaired) electrons. The van der Waals surface area contributed by atoms with Gasteiger partial charge in [0, 0.05) is 17.6 Å². The van der Waals surface area contributed by atoms with E-state index in [4.69, 9.17) is 4.74 Å². The first-order valence-corrected chi connectivity index (χ1v) is 4.56. The van der Waals surface area contributed by atoms with Gasteiger partial charge >= 0.3 is 0 Å². The summed E-state index contributed by atoms with van der Waals surface area (Å²) in [5.74, 6) is 0.725. The lowest BCUT2D eigenvalue weighted by Gasteiger charge is -2.05. The topological polar surface area (TPSA) is 42.1 Å². The standard InChI is InChI=1S/C11H11NO2/c1-2-14-10-5-3-4-8-9(13)6-7-12-11(8)10/h3-7H,2H2,1H3,(H,12,13). The van der Waals surface area contributed by atoms with Crippen molar-refractivity contribution in [2.45, 2.75) is 6.92 Å². The Kier molecular flexibility index (Phi) is 2.23. The van der Waals surface area contributed by atoms with Gasteiger partial charge in [-0.25, -0.2) is 0 Å². The van der Waals surface area contributed by atoms with Crippen LogP contribution in [0.15, 0.2) is 35.3 Å². The van der Waals surface area contributed by atoms with Crippen molar-refractivity contribution in [2.24, 2.45) is 0 Å². The largest absolute Gasteiger partial charge is 0.492 e. The van der Waals surface area contributed by atoms with Gasteiger partial charge in [-0.2, -0.15) is 0 Å². The van der Waals surface area contributed by atoms with E-state index >= 15 is 0 Å². The van der Waals surface area contributed by atoms with Crippen LogP contribution in [0.1, 0.15) is 6.92 Å². The lowest BCUT2D eigenvalue weighted by atomic mass is 10.2. The van der Waals surface area contributed by atoms with Gasteiger partial charge in [0.1, 0.15) is 5.75 Å². The summed E-state index contributed by atoms with van der Waals surface area (Å²) in [5, 5.41) is 0.665. The predicted octanol–water partition coefficient (Wildman–Crippen LogP) is 1.93. The van der Waals surface area contributed by atoms with Crippen LogP contribution in [0.4, 0.5) is 0 Å². The number of fused-ring (bicyclic) bond motifs is 1. The van der Waals surface area contributed by atoms with E-state index in [0.29, 0.717) is 12.0 Å². The molecular formula is C11H11NO2. The van der Waals surface area contributed by atoms with Gasteiger partial charge in [-0.1, -0.05) is 6.07 Å². The Morgan fingerprint density at radius 2 is 2.21 bits per heavy atom. The van der Waals surface area contributed by atoms with Crippen LogP contribution in [0.3, 0.4) is 0 Å². The summed E-state index contributed by atoms with van der Waals surface area (Å²) in [7, 11) is 0. The first-order chi connectivity index (χ1) is 6.83.